The number of carbonyl (C=O) groups is 2. The minimum absolute atomic E-state index is 0.413. The van der Waals surface area contributed by atoms with Crippen LogP contribution in [0, 0.1) is 5.92 Å². The lowest BCUT2D eigenvalue weighted by Gasteiger charge is -2.11. The van der Waals surface area contributed by atoms with Crippen LogP contribution in [-0.4, -0.2) is 30.7 Å². The van der Waals surface area contributed by atoms with Crippen molar-refractivity contribution in [2.75, 3.05) is 19.0 Å². The Bertz CT molecular complexity index is 431. The lowest BCUT2D eigenvalue weighted by Crippen LogP contribution is -2.15. The first-order valence-corrected chi connectivity index (χ1v) is 5.70. The van der Waals surface area contributed by atoms with Gasteiger partial charge in [0.1, 0.15) is 0 Å². The van der Waals surface area contributed by atoms with Gasteiger partial charge in [-0.05, 0) is 18.6 Å². The van der Waals surface area contributed by atoms with Crippen molar-refractivity contribution in [2.45, 2.75) is 13.3 Å². The fraction of sp³-hybridized carbons (Fsp3) is 0.385. The van der Waals surface area contributed by atoms with Gasteiger partial charge in [-0.2, -0.15) is 0 Å². The molecule has 0 aliphatic heterocycles. The molecule has 0 heterocycles. The van der Waals surface area contributed by atoms with E-state index in [4.69, 9.17) is 5.11 Å². The highest BCUT2D eigenvalue weighted by Crippen LogP contribution is 2.16. The van der Waals surface area contributed by atoms with E-state index in [1.807, 2.05) is 0 Å². The topological polar surface area (TPSA) is 75.6 Å². The lowest BCUT2D eigenvalue weighted by atomic mass is 10.1. The Morgan fingerprint density at radius 3 is 2.67 bits per heavy atom. The molecule has 0 spiro atoms. The summed E-state index contributed by atoms with van der Waals surface area (Å²) in [5.41, 5.74) is 1.10. The van der Waals surface area contributed by atoms with E-state index in [-0.39, 0.29) is 0 Å². The third-order valence-electron chi connectivity index (χ3n) is 2.65. The highest BCUT2D eigenvalue weighted by molar-refractivity contribution is 5.95. The number of benzene rings is 1. The van der Waals surface area contributed by atoms with Crippen LogP contribution in [0.1, 0.15) is 23.7 Å². The van der Waals surface area contributed by atoms with Crippen LogP contribution in [0.2, 0.25) is 0 Å². The third kappa shape index (κ3) is 3.76. The molecule has 0 saturated heterocycles. The first-order chi connectivity index (χ1) is 8.56. The van der Waals surface area contributed by atoms with Gasteiger partial charge >= 0.3 is 11.9 Å². The summed E-state index contributed by atoms with van der Waals surface area (Å²) in [5, 5.41) is 11.8. The smallest absolute Gasteiger partial charge is 0.339 e. The SMILES string of the molecule is COC(=O)c1ccccc1NCCC(C)C(=O)O. The molecule has 0 aromatic heterocycles. The predicted molar refractivity (Wildman–Crippen MR) is 67.7 cm³/mol. The molecule has 2 N–H and O–H groups in total. The van der Waals surface area contributed by atoms with Crippen molar-refractivity contribution in [3.63, 3.8) is 0 Å². The zero-order chi connectivity index (χ0) is 13.5. The average Bonchev–Trinajstić information content (AvgIpc) is 2.38. The highest BCUT2D eigenvalue weighted by atomic mass is 16.5. The van der Waals surface area contributed by atoms with E-state index in [9.17, 15) is 9.59 Å². The molecule has 0 saturated carbocycles. The molecule has 1 atom stereocenters. The molecule has 1 rings (SSSR count). The van der Waals surface area contributed by atoms with Gasteiger partial charge in [0.2, 0.25) is 0 Å². The van der Waals surface area contributed by atoms with E-state index in [0.717, 1.165) is 0 Å². The number of carboxylic acid groups (broad SMARTS) is 1. The number of rotatable bonds is 6. The minimum Gasteiger partial charge on any atom is -0.481 e. The molecule has 0 aliphatic rings. The van der Waals surface area contributed by atoms with Crippen LogP contribution in [0.3, 0.4) is 0 Å². The minimum atomic E-state index is -0.821. The molecule has 0 bridgehead atoms. The molecule has 1 aromatic rings. The van der Waals surface area contributed by atoms with Crippen molar-refractivity contribution in [1.82, 2.24) is 0 Å². The van der Waals surface area contributed by atoms with Crippen LogP contribution in [0.4, 0.5) is 5.69 Å². The molecule has 0 fully saturated rings. The second-order valence-corrected chi connectivity index (χ2v) is 3.99. The number of hydrogen-bond donors (Lipinski definition) is 2. The summed E-state index contributed by atoms with van der Waals surface area (Å²) >= 11 is 0. The first kappa shape index (κ1) is 14.0. The van der Waals surface area contributed by atoms with Gasteiger partial charge in [-0.1, -0.05) is 19.1 Å². The van der Waals surface area contributed by atoms with Crippen LogP contribution < -0.4 is 5.32 Å². The molecular formula is C13H17NO4. The Balaban J connectivity index is 2.62. The van der Waals surface area contributed by atoms with Gasteiger partial charge in [-0.25, -0.2) is 4.79 Å². The van der Waals surface area contributed by atoms with Crippen molar-refractivity contribution in [2.24, 2.45) is 5.92 Å². The van der Waals surface area contributed by atoms with Gasteiger partial charge in [0.25, 0.3) is 0 Å². The molecule has 1 aromatic carbocycles. The maximum atomic E-state index is 11.5. The first-order valence-electron chi connectivity index (χ1n) is 5.70. The molecule has 0 amide bonds. The Labute approximate surface area is 106 Å². The summed E-state index contributed by atoms with van der Waals surface area (Å²) in [6.45, 7) is 2.14. The van der Waals surface area contributed by atoms with E-state index in [2.05, 4.69) is 10.1 Å². The standard InChI is InChI=1S/C13H17NO4/c1-9(12(15)16)7-8-14-11-6-4-3-5-10(11)13(17)18-2/h3-6,9,14H,7-8H2,1-2H3,(H,15,16). The highest BCUT2D eigenvalue weighted by Gasteiger charge is 2.12. The van der Waals surface area contributed by atoms with E-state index < -0.39 is 17.9 Å². The van der Waals surface area contributed by atoms with Gasteiger partial charge in [-0.15, -0.1) is 0 Å². The zero-order valence-electron chi connectivity index (χ0n) is 10.5. The largest absolute Gasteiger partial charge is 0.481 e. The zero-order valence-corrected chi connectivity index (χ0v) is 10.5. The molecule has 0 radical (unpaired) electrons. The average molecular weight is 251 g/mol. The van der Waals surface area contributed by atoms with Gasteiger partial charge in [0.15, 0.2) is 0 Å². The normalized spacial score (nSPS) is 11.7. The maximum Gasteiger partial charge on any atom is 0.339 e. The van der Waals surface area contributed by atoms with Crippen LogP contribution in [0.25, 0.3) is 0 Å². The monoisotopic (exact) mass is 251 g/mol. The van der Waals surface area contributed by atoms with Crippen molar-refractivity contribution in [3.8, 4) is 0 Å². The number of carboxylic acids is 1. The number of ether oxygens (including phenoxy) is 1. The van der Waals surface area contributed by atoms with Crippen LogP contribution in [-0.2, 0) is 9.53 Å². The molecule has 18 heavy (non-hydrogen) atoms. The summed E-state index contributed by atoms with van der Waals surface area (Å²) < 4.78 is 4.67. The number of hydrogen-bond acceptors (Lipinski definition) is 4. The van der Waals surface area contributed by atoms with Crippen molar-refractivity contribution in [3.05, 3.63) is 29.8 Å². The molecule has 1 unspecified atom stereocenters. The van der Waals surface area contributed by atoms with E-state index in [0.29, 0.717) is 24.2 Å². The van der Waals surface area contributed by atoms with Gasteiger partial charge in [0.05, 0.1) is 18.6 Å². The molecule has 0 aliphatic carbocycles. The molecule has 5 nitrogen and oxygen atoms in total. The van der Waals surface area contributed by atoms with Crippen molar-refractivity contribution >= 4 is 17.6 Å². The van der Waals surface area contributed by atoms with Crippen LogP contribution >= 0.6 is 0 Å². The van der Waals surface area contributed by atoms with Crippen molar-refractivity contribution in [1.29, 1.82) is 0 Å². The van der Waals surface area contributed by atoms with E-state index >= 15 is 0 Å². The number of para-hydroxylation sites is 1. The van der Waals surface area contributed by atoms with Gasteiger partial charge < -0.3 is 15.2 Å². The fourth-order valence-corrected chi connectivity index (χ4v) is 1.47. The molecular weight excluding hydrogens is 234 g/mol. The summed E-state index contributed by atoms with van der Waals surface area (Å²) in [5.74, 6) is -1.65. The van der Waals surface area contributed by atoms with E-state index in [1.54, 1.807) is 31.2 Å². The number of anilines is 1. The number of carbonyl (C=O) groups excluding carboxylic acids is 1. The molecule has 5 heteroatoms. The summed E-state index contributed by atoms with van der Waals surface area (Å²) in [4.78, 5) is 22.1. The Hall–Kier alpha value is -2.04. The summed E-state index contributed by atoms with van der Waals surface area (Å²) in [6, 6.07) is 6.97. The van der Waals surface area contributed by atoms with Crippen molar-refractivity contribution < 1.29 is 19.4 Å². The Kier molecular flexibility index (Phi) is 5.17. The second-order valence-electron chi connectivity index (χ2n) is 3.99. The lowest BCUT2D eigenvalue weighted by molar-refractivity contribution is -0.141. The van der Waals surface area contributed by atoms with Crippen LogP contribution in [0.5, 0.6) is 0 Å². The van der Waals surface area contributed by atoms with Gasteiger partial charge in [-0.3, -0.25) is 4.79 Å². The summed E-state index contributed by atoms with van der Waals surface area (Å²) in [6.07, 6.45) is 0.491. The Morgan fingerprint density at radius 2 is 2.06 bits per heavy atom. The molecule has 98 valence electrons. The predicted octanol–water partition coefficient (Wildman–Crippen LogP) is 2.00. The second kappa shape index (κ2) is 6.64. The summed E-state index contributed by atoms with van der Waals surface area (Å²) in [7, 11) is 1.33. The number of aliphatic carboxylic acids is 1. The Morgan fingerprint density at radius 1 is 1.39 bits per heavy atom. The quantitative estimate of drug-likeness (QED) is 0.756. The van der Waals surface area contributed by atoms with Crippen LogP contribution in [0.15, 0.2) is 24.3 Å². The fourth-order valence-electron chi connectivity index (χ4n) is 1.47. The van der Waals surface area contributed by atoms with E-state index in [1.165, 1.54) is 7.11 Å². The number of nitrogens with one attached hydrogen (secondary N) is 1. The maximum absolute atomic E-state index is 11.5. The third-order valence-corrected chi connectivity index (χ3v) is 2.65. The van der Waals surface area contributed by atoms with Gasteiger partial charge in [0, 0.05) is 12.2 Å². The number of esters is 1. The number of methoxy groups -OCH3 is 1.